The lowest BCUT2D eigenvalue weighted by atomic mass is 9.81. The molecular weight excluding hydrogens is 392 g/mol. The molecule has 2 fully saturated rings. The molecule has 2 saturated carbocycles. The van der Waals surface area contributed by atoms with Crippen molar-refractivity contribution in [2.45, 2.75) is 95.2 Å². The predicted molar refractivity (Wildman–Crippen MR) is 120 cm³/mol. The zero-order valence-corrected chi connectivity index (χ0v) is 18.8. The maximum Gasteiger partial charge on any atom is 0.305 e. The van der Waals surface area contributed by atoms with Gasteiger partial charge in [0.2, 0.25) is 0 Å². The van der Waals surface area contributed by atoms with E-state index in [1.807, 2.05) is 24.3 Å². The van der Waals surface area contributed by atoms with Crippen LogP contribution in [0.5, 0.6) is 0 Å². The van der Waals surface area contributed by atoms with E-state index in [0.29, 0.717) is 12.3 Å². The van der Waals surface area contributed by atoms with Crippen molar-refractivity contribution in [1.29, 1.82) is 0 Å². The number of aliphatic hydroxyl groups is 2. The van der Waals surface area contributed by atoms with Crippen molar-refractivity contribution < 1.29 is 24.5 Å². The Kier molecular flexibility index (Phi) is 9.09. The second-order valence-electron chi connectivity index (χ2n) is 9.41. The van der Waals surface area contributed by atoms with Crippen molar-refractivity contribution in [2.24, 2.45) is 11.8 Å². The van der Waals surface area contributed by atoms with Crippen molar-refractivity contribution >= 4 is 11.8 Å². The van der Waals surface area contributed by atoms with Crippen LogP contribution in [-0.2, 0) is 14.3 Å². The van der Waals surface area contributed by atoms with Crippen LogP contribution in [0.15, 0.2) is 24.3 Å². The van der Waals surface area contributed by atoms with Gasteiger partial charge < -0.3 is 14.9 Å². The highest BCUT2D eigenvalue weighted by molar-refractivity contribution is 5.85. The fourth-order valence-corrected chi connectivity index (χ4v) is 5.47. The molecule has 1 aromatic carbocycles. The number of carbonyl (C=O) groups is 2. The molecule has 0 bridgehead atoms. The second-order valence-corrected chi connectivity index (χ2v) is 9.41. The van der Waals surface area contributed by atoms with Crippen LogP contribution in [-0.4, -0.2) is 35.2 Å². The van der Waals surface area contributed by atoms with Crippen molar-refractivity contribution in [3.8, 4) is 0 Å². The fourth-order valence-electron chi connectivity index (χ4n) is 5.47. The Morgan fingerprint density at radius 2 is 1.74 bits per heavy atom. The normalized spacial score (nSPS) is 25.5. The zero-order valence-electron chi connectivity index (χ0n) is 18.8. The molecule has 31 heavy (non-hydrogen) atoms. The largest absolute Gasteiger partial charge is 0.469 e. The lowest BCUT2D eigenvalue weighted by Crippen LogP contribution is -2.19. The number of ketones is 1. The Morgan fingerprint density at radius 1 is 1.06 bits per heavy atom. The van der Waals surface area contributed by atoms with Gasteiger partial charge in [0.05, 0.1) is 19.3 Å². The summed E-state index contributed by atoms with van der Waals surface area (Å²) in [4.78, 5) is 23.7. The van der Waals surface area contributed by atoms with Gasteiger partial charge in [-0.25, -0.2) is 0 Å². The highest BCUT2D eigenvalue weighted by Gasteiger charge is 2.41. The molecule has 5 heteroatoms. The summed E-state index contributed by atoms with van der Waals surface area (Å²) in [6, 6.07) is 7.95. The van der Waals surface area contributed by atoms with E-state index in [2.05, 4.69) is 4.74 Å². The van der Waals surface area contributed by atoms with Crippen LogP contribution in [0, 0.1) is 11.8 Å². The van der Waals surface area contributed by atoms with Gasteiger partial charge >= 0.3 is 5.97 Å². The Hall–Kier alpha value is -1.72. The molecule has 0 saturated heterocycles. The van der Waals surface area contributed by atoms with Crippen LogP contribution in [0.4, 0.5) is 0 Å². The Morgan fingerprint density at radius 3 is 2.42 bits per heavy atom. The van der Waals surface area contributed by atoms with E-state index in [9.17, 15) is 19.8 Å². The van der Waals surface area contributed by atoms with E-state index in [4.69, 9.17) is 0 Å². The van der Waals surface area contributed by atoms with Gasteiger partial charge in [0.1, 0.15) is 5.78 Å². The third-order valence-corrected chi connectivity index (χ3v) is 7.30. The number of carbonyl (C=O) groups excluding carboxylic acids is 2. The zero-order chi connectivity index (χ0) is 22.2. The first-order chi connectivity index (χ1) is 15.0. The van der Waals surface area contributed by atoms with Gasteiger partial charge in [0.25, 0.3) is 0 Å². The van der Waals surface area contributed by atoms with Crippen LogP contribution >= 0.6 is 0 Å². The minimum Gasteiger partial charge on any atom is -0.469 e. The minimum absolute atomic E-state index is 0.148. The lowest BCUT2D eigenvalue weighted by Gasteiger charge is -2.27. The van der Waals surface area contributed by atoms with E-state index in [1.165, 1.54) is 26.4 Å². The number of Topliss-reactive ketones (excluding diaryl/α,β-unsaturated/α-hetero) is 1. The highest BCUT2D eigenvalue weighted by Crippen LogP contribution is 2.41. The topological polar surface area (TPSA) is 83.8 Å². The van der Waals surface area contributed by atoms with Gasteiger partial charge in [-0.2, -0.15) is 0 Å². The Labute approximate surface area is 186 Å². The number of unbranched alkanes of at least 4 members (excludes halogenated alkanes) is 3. The van der Waals surface area contributed by atoms with Gasteiger partial charge in [-0.15, -0.1) is 0 Å². The van der Waals surface area contributed by atoms with Gasteiger partial charge in [0.15, 0.2) is 0 Å². The van der Waals surface area contributed by atoms with Gasteiger partial charge in [-0.3, -0.25) is 9.59 Å². The molecule has 0 amide bonds. The molecule has 2 aliphatic rings. The number of ether oxygens (including phenoxy) is 1. The summed E-state index contributed by atoms with van der Waals surface area (Å²) < 4.78 is 4.66. The quantitative estimate of drug-likeness (QED) is 0.410. The number of rotatable bonds is 10. The summed E-state index contributed by atoms with van der Waals surface area (Å²) in [6.45, 7) is 0. The SMILES string of the molecule is COC(=O)CCCCCCC1C(=O)CC(O)C1c1ccc(C(O)C2CCCCC2)cc1. The van der Waals surface area contributed by atoms with E-state index in [-0.39, 0.29) is 30.0 Å². The van der Waals surface area contributed by atoms with Crippen molar-refractivity contribution in [3.05, 3.63) is 35.4 Å². The molecule has 1 aromatic rings. The molecule has 0 aliphatic heterocycles. The molecule has 0 radical (unpaired) electrons. The average molecular weight is 431 g/mol. The van der Waals surface area contributed by atoms with E-state index >= 15 is 0 Å². The first-order valence-electron chi connectivity index (χ1n) is 12.1. The van der Waals surface area contributed by atoms with E-state index < -0.39 is 12.2 Å². The predicted octanol–water partition coefficient (Wildman–Crippen LogP) is 4.85. The molecule has 0 aromatic heterocycles. The lowest BCUT2D eigenvalue weighted by molar-refractivity contribution is -0.140. The summed E-state index contributed by atoms with van der Waals surface area (Å²) in [5.74, 6) is 0.00272. The minimum atomic E-state index is -0.633. The molecule has 2 N–H and O–H groups in total. The molecule has 2 aliphatic carbocycles. The smallest absolute Gasteiger partial charge is 0.305 e. The summed E-state index contributed by atoms with van der Waals surface area (Å²) in [6.07, 6.45) is 9.84. The summed E-state index contributed by atoms with van der Waals surface area (Å²) in [5, 5.41) is 21.3. The van der Waals surface area contributed by atoms with Gasteiger partial charge in [-0.1, -0.05) is 62.8 Å². The summed E-state index contributed by atoms with van der Waals surface area (Å²) >= 11 is 0. The second kappa shape index (κ2) is 11.8. The molecule has 0 spiro atoms. The number of esters is 1. The maximum atomic E-state index is 12.5. The van der Waals surface area contributed by atoms with Crippen LogP contribution in [0.3, 0.4) is 0 Å². The number of hydrogen-bond donors (Lipinski definition) is 2. The molecule has 3 rings (SSSR count). The van der Waals surface area contributed by atoms with Crippen LogP contribution in [0.2, 0.25) is 0 Å². The molecule has 4 unspecified atom stereocenters. The number of methoxy groups -OCH3 is 1. The third kappa shape index (κ3) is 6.39. The van der Waals surface area contributed by atoms with Crippen LogP contribution in [0.25, 0.3) is 0 Å². The molecule has 5 nitrogen and oxygen atoms in total. The first kappa shape index (κ1) is 23.9. The van der Waals surface area contributed by atoms with E-state index in [1.54, 1.807) is 0 Å². The summed E-state index contributed by atoms with van der Waals surface area (Å²) in [7, 11) is 1.41. The molecule has 172 valence electrons. The highest BCUT2D eigenvalue weighted by atomic mass is 16.5. The average Bonchev–Trinajstić information content (AvgIpc) is 3.08. The van der Waals surface area contributed by atoms with E-state index in [0.717, 1.165) is 56.1 Å². The monoisotopic (exact) mass is 430 g/mol. The standard InChI is InChI=1S/C26H38O5/c1-31-24(29)12-8-3-2-7-11-21-22(27)17-23(28)25(21)18-13-15-20(16-14-18)26(30)19-9-5-4-6-10-19/h13-16,19,21,23,25-26,28,30H,2-12,17H2,1H3. The van der Waals surface area contributed by atoms with Crippen molar-refractivity contribution in [3.63, 3.8) is 0 Å². The van der Waals surface area contributed by atoms with Crippen molar-refractivity contribution in [1.82, 2.24) is 0 Å². The molecule has 4 atom stereocenters. The Balaban J connectivity index is 1.55. The van der Waals surface area contributed by atoms with Gasteiger partial charge in [0, 0.05) is 24.7 Å². The van der Waals surface area contributed by atoms with Crippen molar-refractivity contribution in [2.75, 3.05) is 7.11 Å². The Bertz CT molecular complexity index is 707. The summed E-state index contributed by atoms with van der Waals surface area (Å²) in [5.41, 5.74) is 1.94. The number of aliphatic hydroxyl groups excluding tert-OH is 2. The third-order valence-electron chi connectivity index (χ3n) is 7.30. The number of benzene rings is 1. The van der Waals surface area contributed by atoms with Crippen LogP contribution < -0.4 is 0 Å². The maximum absolute atomic E-state index is 12.5. The first-order valence-corrected chi connectivity index (χ1v) is 12.1. The molecule has 0 heterocycles. The van der Waals surface area contributed by atoms with Crippen LogP contribution in [0.1, 0.15) is 100 Å². The van der Waals surface area contributed by atoms with Gasteiger partial charge in [-0.05, 0) is 42.7 Å². The number of hydrogen-bond acceptors (Lipinski definition) is 5. The fraction of sp³-hybridized carbons (Fsp3) is 0.692. The molecular formula is C26H38O5.